The van der Waals surface area contributed by atoms with E-state index in [1.807, 2.05) is 4.90 Å². The molecule has 0 radical (unpaired) electrons. The monoisotopic (exact) mass is 815 g/mol. The van der Waals surface area contributed by atoms with Gasteiger partial charge >= 0.3 is 0 Å². The van der Waals surface area contributed by atoms with Crippen molar-refractivity contribution in [1.29, 1.82) is 0 Å². The van der Waals surface area contributed by atoms with Crippen LogP contribution >= 0.6 is 11.6 Å². The molecule has 2 aromatic carbocycles. The Bertz CT molecular complexity index is 1750. The van der Waals surface area contributed by atoms with Crippen molar-refractivity contribution in [2.24, 2.45) is 16.5 Å². The van der Waals surface area contributed by atoms with Crippen LogP contribution in [0.1, 0.15) is 85.6 Å². The van der Waals surface area contributed by atoms with E-state index >= 15 is 0 Å². The first-order valence-corrected chi connectivity index (χ1v) is 20.1. The molecule has 5 unspecified atom stereocenters. The molecule has 17 heteroatoms. The molecule has 16 nitrogen and oxygen atoms in total. The van der Waals surface area contributed by atoms with E-state index in [1.165, 1.54) is 5.56 Å². The van der Waals surface area contributed by atoms with Gasteiger partial charge in [-0.05, 0) is 93.4 Å². The van der Waals surface area contributed by atoms with Gasteiger partial charge in [-0.25, -0.2) is 9.97 Å². The van der Waals surface area contributed by atoms with Gasteiger partial charge in [0.15, 0.2) is 22.6 Å². The van der Waals surface area contributed by atoms with Gasteiger partial charge in [0, 0.05) is 13.1 Å². The van der Waals surface area contributed by atoms with E-state index in [0.29, 0.717) is 51.1 Å². The van der Waals surface area contributed by atoms with Crippen LogP contribution in [0.25, 0.3) is 10.8 Å². The summed E-state index contributed by atoms with van der Waals surface area (Å²) in [7, 11) is 0. The number of fused-ring (bicyclic) bond motifs is 1. The summed E-state index contributed by atoms with van der Waals surface area (Å²) >= 11 is 5.96. The molecule has 0 bridgehead atoms. The van der Waals surface area contributed by atoms with Gasteiger partial charge in [-0.2, -0.15) is 0 Å². The predicted octanol–water partition coefficient (Wildman–Crippen LogP) is 1.33. The van der Waals surface area contributed by atoms with Crippen LogP contribution in [-0.2, 0) is 17.6 Å². The lowest BCUT2D eigenvalue weighted by Crippen LogP contribution is -2.50. The zero-order valence-electron chi connectivity index (χ0n) is 33.1. The fourth-order valence-corrected chi connectivity index (χ4v) is 6.55. The number of nitrogens with zero attached hydrogens (tertiary/aromatic N) is 4. The zero-order chi connectivity index (χ0) is 41.9. The van der Waals surface area contributed by atoms with E-state index in [0.717, 1.165) is 61.3 Å². The maximum Gasteiger partial charge on any atom is 0.280 e. The number of aliphatic imine (C=N–C) groups is 1. The highest BCUT2D eigenvalue weighted by molar-refractivity contribution is 6.30. The largest absolute Gasteiger partial charge is 0.394 e. The minimum atomic E-state index is -1.67. The van der Waals surface area contributed by atoms with E-state index in [2.05, 4.69) is 68.9 Å². The van der Waals surface area contributed by atoms with Crippen LogP contribution in [0.3, 0.4) is 0 Å². The highest BCUT2D eigenvalue weighted by atomic mass is 35.5. The summed E-state index contributed by atoms with van der Waals surface area (Å²) in [5.41, 5.74) is 20.0. The highest BCUT2D eigenvalue weighted by Gasteiger charge is 2.31. The highest BCUT2D eigenvalue weighted by Crippen LogP contribution is 2.21. The summed E-state index contributed by atoms with van der Waals surface area (Å²) in [6.07, 6.45) is 2.21. The number of unbranched alkanes of at least 4 members (excludes halogenated alkanes) is 4. The van der Waals surface area contributed by atoms with E-state index in [4.69, 9.17) is 33.9 Å². The number of aromatic nitrogens is 2. The van der Waals surface area contributed by atoms with Crippen LogP contribution in [0.4, 0.5) is 5.82 Å². The first-order valence-electron chi connectivity index (χ1n) is 19.7. The number of aryl methyl sites for hydroxylation is 3. The summed E-state index contributed by atoms with van der Waals surface area (Å²) in [6, 6.07) is 12.1. The van der Waals surface area contributed by atoms with Crippen molar-refractivity contribution in [2.75, 3.05) is 45.1 Å². The van der Waals surface area contributed by atoms with Crippen LogP contribution in [0.15, 0.2) is 41.4 Å². The molecule has 5 atom stereocenters. The molecule has 1 heterocycles. The van der Waals surface area contributed by atoms with E-state index in [1.54, 1.807) is 6.92 Å². The second kappa shape index (κ2) is 24.7. The number of aliphatic hydroxyl groups excluding tert-OH is 5. The van der Waals surface area contributed by atoms with Crippen LogP contribution in [0.5, 0.6) is 0 Å². The maximum atomic E-state index is 12.5. The fraction of sp³-hybridized carbons (Fsp3) is 0.575. The molecule has 316 valence electrons. The molecule has 3 rings (SSSR count). The second-order valence-corrected chi connectivity index (χ2v) is 14.8. The van der Waals surface area contributed by atoms with Crippen molar-refractivity contribution in [2.45, 2.75) is 109 Å². The molecule has 1 aromatic heterocycles. The minimum Gasteiger partial charge on any atom is -0.394 e. The van der Waals surface area contributed by atoms with E-state index in [-0.39, 0.29) is 29.2 Å². The fourth-order valence-electron chi connectivity index (χ4n) is 6.42. The first-order chi connectivity index (χ1) is 27.2. The summed E-state index contributed by atoms with van der Waals surface area (Å²) in [5, 5.41) is 57.7. The Balaban J connectivity index is 1.44. The van der Waals surface area contributed by atoms with E-state index < -0.39 is 48.9 Å². The van der Waals surface area contributed by atoms with Gasteiger partial charge in [-0.15, -0.1) is 0 Å². The Kier molecular flexibility index (Phi) is 20.5. The summed E-state index contributed by atoms with van der Waals surface area (Å²) < 4.78 is 0. The van der Waals surface area contributed by atoms with Gasteiger partial charge < -0.3 is 53.0 Å². The number of carbonyl (C=O) groups excluding carboxylic acids is 2. The molecule has 0 aliphatic carbocycles. The van der Waals surface area contributed by atoms with E-state index in [9.17, 15) is 30.0 Å². The Morgan fingerprint density at radius 3 is 2.18 bits per heavy atom. The number of halogens is 1. The smallest absolute Gasteiger partial charge is 0.280 e. The number of guanidine groups is 1. The Morgan fingerprint density at radius 1 is 0.877 bits per heavy atom. The van der Waals surface area contributed by atoms with Crippen molar-refractivity contribution in [3.8, 4) is 0 Å². The molecule has 13 N–H and O–H groups in total. The zero-order valence-corrected chi connectivity index (χ0v) is 33.9. The van der Waals surface area contributed by atoms with Gasteiger partial charge in [0.25, 0.3) is 5.91 Å². The predicted molar refractivity (Wildman–Crippen MR) is 223 cm³/mol. The molecule has 2 amide bonds. The average Bonchev–Trinajstić information content (AvgIpc) is 3.18. The van der Waals surface area contributed by atoms with Crippen molar-refractivity contribution in [3.63, 3.8) is 0 Å². The number of primary amides is 1. The van der Waals surface area contributed by atoms with Crippen molar-refractivity contribution in [3.05, 3.63) is 64.1 Å². The summed E-state index contributed by atoms with van der Waals surface area (Å²) in [6.45, 7) is 5.29. The molecule has 0 saturated heterocycles. The quantitative estimate of drug-likeness (QED) is 0.0312. The number of nitrogen functional groups attached to an aromatic ring is 1. The lowest BCUT2D eigenvalue weighted by atomic mass is 9.98. The van der Waals surface area contributed by atoms with Crippen LogP contribution in [0, 0.1) is 6.92 Å². The van der Waals surface area contributed by atoms with Gasteiger partial charge in [0.05, 0.1) is 24.4 Å². The lowest BCUT2D eigenvalue weighted by molar-refractivity contribution is -0.120. The normalized spacial score (nSPS) is 14.7. The number of aliphatic hydroxyl groups is 5. The topological polar surface area (TPSA) is 279 Å². The summed E-state index contributed by atoms with van der Waals surface area (Å²) in [5.74, 6) is -1.15. The molecule has 0 aliphatic rings. The molecule has 0 aliphatic heterocycles. The number of carbonyl (C=O) groups is 2. The van der Waals surface area contributed by atoms with Crippen LogP contribution in [0.2, 0.25) is 5.15 Å². The minimum absolute atomic E-state index is 0.0417. The van der Waals surface area contributed by atoms with Crippen molar-refractivity contribution >= 4 is 46.0 Å². The summed E-state index contributed by atoms with van der Waals surface area (Å²) in [4.78, 5) is 39.0. The van der Waals surface area contributed by atoms with Gasteiger partial charge in [-0.1, -0.05) is 74.2 Å². The molecule has 57 heavy (non-hydrogen) atoms. The third kappa shape index (κ3) is 16.0. The first kappa shape index (κ1) is 47.4. The number of anilines is 1. The van der Waals surface area contributed by atoms with Crippen LogP contribution in [-0.4, -0.2) is 128 Å². The van der Waals surface area contributed by atoms with Gasteiger partial charge in [-0.3, -0.25) is 19.9 Å². The number of nitrogens with one attached hydrogen (secondary N) is 2. The van der Waals surface area contributed by atoms with Gasteiger partial charge in [0.2, 0.25) is 5.91 Å². The number of benzene rings is 2. The SMILES string of the molecule is CCCCCCN(CCCNC(CCc1ccc2cc(CCCCN=C(N)NC(=O)c3nc(Cl)c(C)nc3N)ccc2c1)C(N)=O)CC(O)C(O)C(O)C(O)CO. The molecule has 3 aromatic rings. The molecular weight excluding hydrogens is 754 g/mol. The number of amides is 2. The van der Waals surface area contributed by atoms with Crippen LogP contribution < -0.4 is 27.8 Å². The Morgan fingerprint density at radius 2 is 1.53 bits per heavy atom. The molecule has 0 spiro atoms. The third-order valence-corrected chi connectivity index (χ3v) is 10.2. The number of nitrogens with two attached hydrogens (primary N) is 3. The Labute approximate surface area is 339 Å². The van der Waals surface area contributed by atoms with Gasteiger partial charge in [0.1, 0.15) is 18.3 Å². The third-order valence-electron chi connectivity index (χ3n) is 9.83. The molecule has 0 saturated carbocycles. The number of hydrogen-bond acceptors (Lipinski definition) is 13. The van der Waals surface area contributed by atoms with Crippen molar-refractivity contribution < 1.29 is 35.1 Å². The number of hydrogen-bond donors (Lipinski definition) is 10. The average molecular weight is 816 g/mol. The number of rotatable bonds is 26. The molecular formula is C40H62ClN9O7. The maximum absolute atomic E-state index is 12.5. The molecule has 0 fully saturated rings. The van der Waals surface area contributed by atoms with Crippen molar-refractivity contribution in [1.82, 2.24) is 25.5 Å². The second-order valence-electron chi connectivity index (χ2n) is 14.5. The Hall–Kier alpha value is -4.00. The standard InChI is InChI=1S/C40H62ClN9O7/c1-3-4-5-8-19-50(23-31(52)34(54)35(55)32(53)24-51)20-9-18-45-30(38(43)56)16-13-27-12-15-28-21-26(11-14-29(28)22-27)10-6-7-17-46-40(44)49-39(57)33-37(42)47-25(2)36(41)48-33/h11-12,14-15,21-22,30-32,34-35,45,51-55H,3-10,13,16-20,23-24H2,1-2H3,(H2,42,47)(H2,43,56)(H3,44,46,49,57). The lowest BCUT2D eigenvalue weighted by Gasteiger charge is -2.30.